The summed E-state index contributed by atoms with van der Waals surface area (Å²) in [5.74, 6) is -1.50. The molecule has 0 aliphatic carbocycles. The second kappa shape index (κ2) is 7.59. The van der Waals surface area contributed by atoms with Crippen LogP contribution in [0.4, 0.5) is 0 Å². The Bertz CT molecular complexity index is 586. The monoisotopic (exact) mass is 322 g/mol. The fourth-order valence-electron chi connectivity index (χ4n) is 2.24. The molecule has 2 amide bonds. The van der Waals surface area contributed by atoms with Gasteiger partial charge in [0, 0.05) is 6.54 Å². The van der Waals surface area contributed by atoms with E-state index in [2.05, 4.69) is 0 Å². The van der Waals surface area contributed by atoms with Crippen molar-refractivity contribution in [1.82, 2.24) is 4.90 Å². The van der Waals surface area contributed by atoms with Gasteiger partial charge >= 0.3 is 5.97 Å². The van der Waals surface area contributed by atoms with Crippen LogP contribution in [0, 0.1) is 0 Å². The topological polar surface area (TPSA) is 119 Å². The zero-order chi connectivity index (χ0) is 16.8. The van der Waals surface area contributed by atoms with Crippen LogP contribution < -0.4 is 10.5 Å². The number of aliphatic carboxylic acids is 1. The van der Waals surface area contributed by atoms with Crippen molar-refractivity contribution in [2.45, 2.75) is 12.5 Å². The predicted molar refractivity (Wildman–Crippen MR) is 78.8 cm³/mol. The number of amides is 2. The zero-order valence-corrected chi connectivity index (χ0v) is 12.4. The maximum absolute atomic E-state index is 12.1. The number of carboxylic acid groups (broad SMARTS) is 1. The summed E-state index contributed by atoms with van der Waals surface area (Å²) in [7, 11) is 0. The van der Waals surface area contributed by atoms with E-state index < -0.39 is 23.8 Å². The van der Waals surface area contributed by atoms with E-state index in [4.69, 9.17) is 20.3 Å². The molecule has 1 aromatic rings. The normalized spacial score (nSPS) is 17.6. The zero-order valence-electron chi connectivity index (χ0n) is 12.4. The van der Waals surface area contributed by atoms with Crippen LogP contribution in [0.3, 0.4) is 0 Å². The third-order valence-electron chi connectivity index (χ3n) is 3.40. The van der Waals surface area contributed by atoms with Gasteiger partial charge in [0.15, 0.2) is 12.6 Å². The van der Waals surface area contributed by atoms with Crippen molar-refractivity contribution >= 4 is 17.8 Å². The summed E-state index contributed by atoms with van der Waals surface area (Å²) in [5.41, 5.74) is 5.85. The number of primary amides is 1. The third-order valence-corrected chi connectivity index (χ3v) is 3.40. The van der Waals surface area contributed by atoms with Crippen molar-refractivity contribution in [1.29, 1.82) is 0 Å². The van der Waals surface area contributed by atoms with Gasteiger partial charge in [-0.25, -0.2) is 4.79 Å². The molecule has 8 nitrogen and oxygen atoms in total. The van der Waals surface area contributed by atoms with Crippen molar-refractivity contribution in [2.24, 2.45) is 5.73 Å². The molecule has 1 aliphatic heterocycles. The summed E-state index contributed by atoms with van der Waals surface area (Å²) < 4.78 is 10.4. The number of ether oxygens (including phenoxy) is 2. The van der Waals surface area contributed by atoms with Crippen LogP contribution in [-0.4, -0.2) is 60.2 Å². The highest BCUT2D eigenvalue weighted by Gasteiger charge is 2.32. The van der Waals surface area contributed by atoms with E-state index in [0.717, 1.165) is 5.56 Å². The summed E-state index contributed by atoms with van der Waals surface area (Å²) >= 11 is 0. The van der Waals surface area contributed by atoms with Gasteiger partial charge in [-0.1, -0.05) is 12.1 Å². The minimum Gasteiger partial charge on any atom is -0.484 e. The standard InChI is InChI=1S/C15H18N2O6/c16-13(18)7-10-1-3-11(4-2-10)23-9-14(19)17-5-6-22-8-12(17)15(20)21/h1-4,12H,5-9H2,(H2,16,18)(H,20,21). The van der Waals surface area contributed by atoms with Crippen LogP contribution in [0.2, 0.25) is 0 Å². The van der Waals surface area contributed by atoms with E-state index in [9.17, 15) is 14.4 Å². The molecule has 3 N–H and O–H groups in total. The van der Waals surface area contributed by atoms with Gasteiger partial charge in [-0.3, -0.25) is 9.59 Å². The van der Waals surface area contributed by atoms with Crippen LogP contribution in [-0.2, 0) is 25.5 Å². The van der Waals surface area contributed by atoms with Crippen LogP contribution in [0.15, 0.2) is 24.3 Å². The number of hydrogen-bond acceptors (Lipinski definition) is 5. The molecular weight excluding hydrogens is 304 g/mol. The number of carbonyl (C=O) groups is 3. The van der Waals surface area contributed by atoms with E-state index in [-0.39, 0.29) is 26.2 Å². The summed E-state index contributed by atoms with van der Waals surface area (Å²) in [6.07, 6.45) is 0.132. The average Bonchev–Trinajstić information content (AvgIpc) is 2.53. The molecule has 8 heteroatoms. The second-order valence-electron chi connectivity index (χ2n) is 5.09. The Morgan fingerprint density at radius 2 is 2.00 bits per heavy atom. The molecule has 1 aromatic carbocycles. The molecule has 0 spiro atoms. The minimum atomic E-state index is -1.10. The van der Waals surface area contributed by atoms with Gasteiger partial charge in [0.1, 0.15) is 5.75 Å². The Hall–Kier alpha value is -2.61. The van der Waals surface area contributed by atoms with Crippen LogP contribution >= 0.6 is 0 Å². The van der Waals surface area contributed by atoms with Gasteiger partial charge < -0.3 is 25.2 Å². The van der Waals surface area contributed by atoms with Crippen molar-refractivity contribution in [2.75, 3.05) is 26.4 Å². The number of carboxylic acids is 1. The molecule has 1 saturated heterocycles. The first-order chi connectivity index (χ1) is 11.0. The smallest absolute Gasteiger partial charge is 0.328 e. The van der Waals surface area contributed by atoms with Gasteiger partial charge in [-0.15, -0.1) is 0 Å². The number of nitrogens with two attached hydrogens (primary N) is 1. The molecule has 124 valence electrons. The molecule has 0 aromatic heterocycles. The van der Waals surface area contributed by atoms with Gasteiger partial charge in [0.05, 0.1) is 19.6 Å². The van der Waals surface area contributed by atoms with Gasteiger partial charge in [-0.2, -0.15) is 0 Å². The first-order valence-electron chi connectivity index (χ1n) is 7.07. The molecule has 0 bridgehead atoms. The fraction of sp³-hybridized carbons (Fsp3) is 0.400. The summed E-state index contributed by atoms with van der Waals surface area (Å²) in [5, 5.41) is 9.09. The highest BCUT2D eigenvalue weighted by atomic mass is 16.5. The van der Waals surface area contributed by atoms with Gasteiger partial charge in [0.25, 0.3) is 5.91 Å². The first kappa shape index (κ1) is 16.8. The van der Waals surface area contributed by atoms with Gasteiger partial charge in [0.2, 0.25) is 5.91 Å². The quantitative estimate of drug-likeness (QED) is 0.722. The average molecular weight is 322 g/mol. The lowest BCUT2D eigenvalue weighted by Gasteiger charge is -2.32. The lowest BCUT2D eigenvalue weighted by molar-refractivity contribution is -0.159. The maximum Gasteiger partial charge on any atom is 0.328 e. The van der Waals surface area contributed by atoms with Crippen molar-refractivity contribution in [3.63, 3.8) is 0 Å². The van der Waals surface area contributed by atoms with Crippen molar-refractivity contribution in [3.05, 3.63) is 29.8 Å². The number of carbonyl (C=O) groups excluding carboxylic acids is 2. The Morgan fingerprint density at radius 3 is 2.61 bits per heavy atom. The Balaban J connectivity index is 1.90. The molecule has 0 saturated carbocycles. The lowest BCUT2D eigenvalue weighted by atomic mass is 10.1. The van der Waals surface area contributed by atoms with Crippen molar-refractivity contribution in [3.8, 4) is 5.75 Å². The number of nitrogens with zero attached hydrogens (tertiary/aromatic N) is 1. The molecule has 2 rings (SSSR count). The maximum atomic E-state index is 12.1. The highest BCUT2D eigenvalue weighted by Crippen LogP contribution is 2.14. The minimum absolute atomic E-state index is 0.0249. The van der Waals surface area contributed by atoms with Gasteiger partial charge in [-0.05, 0) is 17.7 Å². The van der Waals surface area contributed by atoms with E-state index >= 15 is 0 Å². The summed E-state index contributed by atoms with van der Waals surface area (Å²) in [4.78, 5) is 35.3. The SMILES string of the molecule is NC(=O)Cc1ccc(OCC(=O)N2CCOCC2C(=O)O)cc1. The lowest BCUT2D eigenvalue weighted by Crippen LogP contribution is -2.53. The molecule has 23 heavy (non-hydrogen) atoms. The number of benzene rings is 1. The van der Waals surface area contributed by atoms with E-state index in [1.165, 1.54) is 4.90 Å². The number of morpholine rings is 1. The molecule has 1 fully saturated rings. The molecule has 0 radical (unpaired) electrons. The fourth-order valence-corrected chi connectivity index (χ4v) is 2.24. The highest BCUT2D eigenvalue weighted by molar-refractivity contribution is 5.84. The molecule has 1 atom stereocenters. The number of rotatable bonds is 6. The molecular formula is C15H18N2O6. The molecule has 1 unspecified atom stereocenters. The number of hydrogen-bond donors (Lipinski definition) is 2. The first-order valence-corrected chi connectivity index (χ1v) is 7.07. The van der Waals surface area contributed by atoms with E-state index in [1.807, 2.05) is 0 Å². The van der Waals surface area contributed by atoms with Crippen molar-refractivity contribution < 1.29 is 29.0 Å². The predicted octanol–water partition coefficient (Wildman–Crippen LogP) is -0.595. The Morgan fingerprint density at radius 1 is 1.30 bits per heavy atom. The Kier molecular flexibility index (Phi) is 5.53. The summed E-state index contributed by atoms with van der Waals surface area (Å²) in [6.45, 7) is 0.232. The van der Waals surface area contributed by atoms with Crippen LogP contribution in [0.5, 0.6) is 5.75 Å². The van der Waals surface area contributed by atoms with Crippen LogP contribution in [0.25, 0.3) is 0 Å². The van der Waals surface area contributed by atoms with Crippen LogP contribution in [0.1, 0.15) is 5.56 Å². The Labute approximate surface area is 132 Å². The largest absolute Gasteiger partial charge is 0.484 e. The summed E-state index contributed by atoms with van der Waals surface area (Å²) in [6, 6.07) is 5.62. The second-order valence-corrected chi connectivity index (χ2v) is 5.09. The van der Waals surface area contributed by atoms with E-state index in [1.54, 1.807) is 24.3 Å². The molecule has 1 heterocycles. The molecule has 1 aliphatic rings. The van der Waals surface area contributed by atoms with E-state index in [0.29, 0.717) is 12.4 Å². The third kappa shape index (κ3) is 4.68.